The molecule has 0 saturated carbocycles. The molecule has 0 amide bonds. The summed E-state index contributed by atoms with van der Waals surface area (Å²) in [6.07, 6.45) is 3.45. The highest BCUT2D eigenvalue weighted by Gasteiger charge is 2.41. The molecule has 1 aromatic heterocycles. The number of hydrogen-bond acceptors (Lipinski definition) is 4. The summed E-state index contributed by atoms with van der Waals surface area (Å²) in [6, 6.07) is 1.20. The van der Waals surface area contributed by atoms with Crippen molar-refractivity contribution >= 4 is 5.78 Å². The van der Waals surface area contributed by atoms with Crippen LogP contribution in [-0.4, -0.2) is 36.2 Å². The van der Waals surface area contributed by atoms with Gasteiger partial charge >= 0.3 is 0 Å². The van der Waals surface area contributed by atoms with Crippen LogP contribution in [0.25, 0.3) is 0 Å². The van der Waals surface area contributed by atoms with Crippen molar-refractivity contribution in [1.29, 1.82) is 0 Å². The van der Waals surface area contributed by atoms with Gasteiger partial charge in [0.25, 0.3) is 0 Å². The van der Waals surface area contributed by atoms with Crippen LogP contribution in [0.3, 0.4) is 0 Å². The molecule has 0 radical (unpaired) electrons. The minimum absolute atomic E-state index is 0.209. The molecule has 0 aromatic carbocycles. The maximum Gasteiger partial charge on any atom is 0.196 e. The molecule has 0 N–H and O–H groups in total. The minimum atomic E-state index is -0.886. The molecular weight excluding hydrogens is 237 g/mol. The average molecular weight is 253 g/mol. The zero-order valence-electron chi connectivity index (χ0n) is 10.3. The Morgan fingerprint density at radius 1 is 1.50 bits per heavy atom. The number of Topliss-reactive ketones (excluding diaryl/α,β-unsaturated/α-hetero) is 1. The van der Waals surface area contributed by atoms with Crippen molar-refractivity contribution in [3.63, 3.8) is 0 Å². The molecule has 2 rings (SSSR count). The standard InChI is InChI=1S/C13H16FNO3/c1-2-18-13(3-5-17-6-4-13)12(16)10-7-11(14)9-15-8-10/h7-9H,2-6H2,1H3. The molecule has 1 aliphatic heterocycles. The lowest BCUT2D eigenvalue weighted by Gasteiger charge is -2.35. The molecule has 98 valence electrons. The lowest BCUT2D eigenvalue weighted by atomic mass is 9.86. The Labute approximate surface area is 105 Å². The first-order valence-corrected chi connectivity index (χ1v) is 6.05. The fourth-order valence-corrected chi connectivity index (χ4v) is 2.21. The van der Waals surface area contributed by atoms with E-state index < -0.39 is 11.4 Å². The largest absolute Gasteiger partial charge is 0.381 e. The normalized spacial score (nSPS) is 18.6. The van der Waals surface area contributed by atoms with Crippen LogP contribution < -0.4 is 0 Å². The smallest absolute Gasteiger partial charge is 0.196 e. The minimum Gasteiger partial charge on any atom is -0.381 e. The van der Waals surface area contributed by atoms with Crippen LogP contribution in [0.1, 0.15) is 30.1 Å². The zero-order valence-corrected chi connectivity index (χ0v) is 10.3. The van der Waals surface area contributed by atoms with E-state index >= 15 is 0 Å². The van der Waals surface area contributed by atoms with Crippen molar-refractivity contribution < 1.29 is 18.7 Å². The van der Waals surface area contributed by atoms with Gasteiger partial charge in [0.1, 0.15) is 11.4 Å². The van der Waals surface area contributed by atoms with Crippen molar-refractivity contribution in [2.45, 2.75) is 25.4 Å². The Bertz CT molecular complexity index is 424. The van der Waals surface area contributed by atoms with Gasteiger partial charge in [-0.15, -0.1) is 0 Å². The van der Waals surface area contributed by atoms with Crippen LogP contribution in [0.15, 0.2) is 18.5 Å². The van der Waals surface area contributed by atoms with Crippen molar-refractivity contribution in [1.82, 2.24) is 4.98 Å². The van der Waals surface area contributed by atoms with Gasteiger partial charge in [0.15, 0.2) is 5.78 Å². The highest BCUT2D eigenvalue weighted by Crippen LogP contribution is 2.29. The molecule has 0 spiro atoms. The molecule has 0 unspecified atom stereocenters. The third-order valence-electron chi connectivity index (χ3n) is 3.10. The molecule has 1 aromatic rings. The quantitative estimate of drug-likeness (QED) is 0.770. The molecule has 2 heterocycles. The molecule has 1 saturated heterocycles. The first-order valence-electron chi connectivity index (χ1n) is 6.05. The lowest BCUT2D eigenvalue weighted by molar-refractivity contribution is -0.0822. The number of halogens is 1. The van der Waals surface area contributed by atoms with Gasteiger partial charge in [0, 0.05) is 44.4 Å². The highest BCUT2D eigenvalue weighted by atomic mass is 19.1. The first-order chi connectivity index (χ1) is 8.68. The molecule has 0 bridgehead atoms. The van der Waals surface area contributed by atoms with E-state index in [0.717, 1.165) is 6.20 Å². The summed E-state index contributed by atoms with van der Waals surface area (Å²) < 4.78 is 24.0. The average Bonchev–Trinajstić information content (AvgIpc) is 2.39. The monoisotopic (exact) mass is 253 g/mol. The van der Waals surface area contributed by atoms with Crippen molar-refractivity contribution in [2.24, 2.45) is 0 Å². The van der Waals surface area contributed by atoms with Gasteiger partial charge in [0.05, 0.1) is 6.20 Å². The van der Waals surface area contributed by atoms with Crippen LogP contribution >= 0.6 is 0 Å². The van der Waals surface area contributed by atoms with E-state index in [1.807, 2.05) is 6.92 Å². The predicted molar refractivity (Wildman–Crippen MR) is 62.9 cm³/mol. The van der Waals surface area contributed by atoms with Crippen LogP contribution in [0, 0.1) is 5.82 Å². The number of aromatic nitrogens is 1. The van der Waals surface area contributed by atoms with E-state index in [0.29, 0.717) is 32.7 Å². The molecule has 4 nitrogen and oxygen atoms in total. The second kappa shape index (κ2) is 5.54. The Balaban J connectivity index is 2.28. The highest BCUT2D eigenvalue weighted by molar-refractivity contribution is 6.02. The van der Waals surface area contributed by atoms with E-state index in [1.54, 1.807) is 0 Å². The Morgan fingerprint density at radius 3 is 2.83 bits per heavy atom. The molecule has 5 heteroatoms. The Morgan fingerprint density at radius 2 is 2.22 bits per heavy atom. The zero-order chi connectivity index (χ0) is 13.0. The summed E-state index contributed by atoms with van der Waals surface area (Å²) >= 11 is 0. The number of nitrogens with zero attached hydrogens (tertiary/aromatic N) is 1. The Hall–Kier alpha value is -1.33. The van der Waals surface area contributed by atoms with Crippen molar-refractivity contribution in [3.8, 4) is 0 Å². The van der Waals surface area contributed by atoms with Crippen molar-refractivity contribution in [2.75, 3.05) is 19.8 Å². The molecule has 0 aliphatic carbocycles. The summed E-state index contributed by atoms with van der Waals surface area (Å²) in [5, 5.41) is 0. The molecule has 1 fully saturated rings. The Kier molecular flexibility index (Phi) is 4.04. The van der Waals surface area contributed by atoms with Gasteiger partial charge < -0.3 is 9.47 Å². The third kappa shape index (κ3) is 2.57. The van der Waals surface area contributed by atoms with E-state index in [1.165, 1.54) is 12.3 Å². The second-order valence-electron chi connectivity index (χ2n) is 4.26. The van der Waals surface area contributed by atoms with Crippen LogP contribution in [-0.2, 0) is 9.47 Å². The number of carbonyl (C=O) groups excluding carboxylic acids is 1. The third-order valence-corrected chi connectivity index (χ3v) is 3.10. The van der Waals surface area contributed by atoms with Gasteiger partial charge in [0.2, 0.25) is 0 Å². The van der Waals surface area contributed by atoms with Gasteiger partial charge in [-0.1, -0.05) is 0 Å². The van der Waals surface area contributed by atoms with Gasteiger partial charge in [-0.25, -0.2) is 4.39 Å². The fraction of sp³-hybridized carbons (Fsp3) is 0.538. The number of carbonyl (C=O) groups is 1. The van der Waals surface area contributed by atoms with Crippen LogP contribution in [0.2, 0.25) is 0 Å². The van der Waals surface area contributed by atoms with E-state index in [-0.39, 0.29) is 11.3 Å². The summed E-state index contributed by atoms with van der Waals surface area (Å²) in [7, 11) is 0. The van der Waals surface area contributed by atoms with E-state index in [4.69, 9.17) is 9.47 Å². The number of ketones is 1. The predicted octanol–water partition coefficient (Wildman–Crippen LogP) is 1.99. The maximum atomic E-state index is 13.1. The second-order valence-corrected chi connectivity index (χ2v) is 4.26. The number of hydrogen-bond donors (Lipinski definition) is 0. The van der Waals surface area contributed by atoms with Gasteiger partial charge in [-0.3, -0.25) is 9.78 Å². The lowest BCUT2D eigenvalue weighted by Crippen LogP contribution is -2.46. The van der Waals surface area contributed by atoms with E-state index in [2.05, 4.69) is 4.98 Å². The topological polar surface area (TPSA) is 48.4 Å². The van der Waals surface area contributed by atoms with E-state index in [9.17, 15) is 9.18 Å². The molecule has 0 atom stereocenters. The number of rotatable bonds is 4. The van der Waals surface area contributed by atoms with Crippen molar-refractivity contribution in [3.05, 3.63) is 29.8 Å². The molecule has 1 aliphatic rings. The maximum absolute atomic E-state index is 13.1. The number of pyridine rings is 1. The molecular formula is C13H16FNO3. The van der Waals surface area contributed by atoms with Gasteiger partial charge in [-0.2, -0.15) is 0 Å². The van der Waals surface area contributed by atoms with Crippen LogP contribution in [0.5, 0.6) is 0 Å². The summed E-state index contributed by atoms with van der Waals surface area (Å²) in [4.78, 5) is 16.2. The summed E-state index contributed by atoms with van der Waals surface area (Å²) in [5.74, 6) is -0.723. The van der Waals surface area contributed by atoms with Gasteiger partial charge in [-0.05, 0) is 13.0 Å². The first kappa shape index (κ1) is 13.1. The van der Waals surface area contributed by atoms with Crippen LogP contribution in [0.4, 0.5) is 4.39 Å². The summed E-state index contributed by atoms with van der Waals surface area (Å²) in [6.45, 7) is 3.24. The number of ether oxygens (including phenoxy) is 2. The summed E-state index contributed by atoms with van der Waals surface area (Å²) in [5.41, 5.74) is -0.631. The molecule has 18 heavy (non-hydrogen) atoms. The fourth-order valence-electron chi connectivity index (χ4n) is 2.21. The SMILES string of the molecule is CCOC1(C(=O)c2cncc(F)c2)CCOCC1.